The van der Waals surface area contributed by atoms with Gasteiger partial charge in [0.05, 0.1) is 12.6 Å². The first-order valence-corrected chi connectivity index (χ1v) is 11.4. The molecule has 32 heavy (non-hydrogen) atoms. The van der Waals surface area contributed by atoms with E-state index >= 15 is 0 Å². The molecule has 1 aliphatic heterocycles. The van der Waals surface area contributed by atoms with E-state index < -0.39 is 23.7 Å². The summed E-state index contributed by atoms with van der Waals surface area (Å²) < 4.78 is 5.35. The lowest BCUT2D eigenvalue weighted by Gasteiger charge is -2.29. The van der Waals surface area contributed by atoms with Crippen molar-refractivity contribution in [3.8, 4) is 10.4 Å². The highest BCUT2D eigenvalue weighted by Gasteiger charge is 2.52. The fraction of sp³-hybridized carbons (Fsp3) is 0.269. The second-order valence-corrected chi connectivity index (χ2v) is 9.12. The Labute approximate surface area is 191 Å². The molecule has 1 fully saturated rings. The van der Waals surface area contributed by atoms with Crippen molar-refractivity contribution in [1.82, 2.24) is 0 Å². The molecule has 0 aliphatic carbocycles. The quantitative estimate of drug-likeness (QED) is 0.375. The van der Waals surface area contributed by atoms with Gasteiger partial charge in [0.2, 0.25) is 5.78 Å². The van der Waals surface area contributed by atoms with Crippen molar-refractivity contribution in [2.75, 3.05) is 12.0 Å². The topological polar surface area (TPSA) is 63.7 Å². The van der Waals surface area contributed by atoms with Gasteiger partial charge in [-0.05, 0) is 40.3 Å². The smallest absolute Gasteiger partial charge is 0.295 e. The first-order chi connectivity index (χ1) is 15.4. The van der Waals surface area contributed by atoms with E-state index in [9.17, 15) is 14.4 Å². The second kappa shape index (κ2) is 9.18. The number of thiophene rings is 1. The Hall–Kier alpha value is -3.09. The molecule has 2 unspecified atom stereocenters. The summed E-state index contributed by atoms with van der Waals surface area (Å²) in [6.07, 6.45) is 0. The van der Waals surface area contributed by atoms with Crippen LogP contribution in [-0.2, 0) is 25.7 Å². The van der Waals surface area contributed by atoms with E-state index in [0.29, 0.717) is 12.3 Å². The Morgan fingerprint density at radius 1 is 1.03 bits per heavy atom. The first-order valence-electron chi connectivity index (χ1n) is 10.6. The molecule has 5 nitrogen and oxygen atoms in total. The lowest BCUT2D eigenvalue weighted by molar-refractivity contribution is -0.139. The maximum Gasteiger partial charge on any atom is 0.295 e. The molecular weight excluding hydrogens is 422 g/mol. The summed E-state index contributed by atoms with van der Waals surface area (Å²) in [5.41, 5.74) is 3.24. The zero-order chi connectivity index (χ0) is 22.8. The zero-order valence-electron chi connectivity index (χ0n) is 18.3. The summed E-state index contributed by atoms with van der Waals surface area (Å²) in [5.74, 6) is -2.93. The monoisotopic (exact) mass is 447 g/mol. The van der Waals surface area contributed by atoms with E-state index in [4.69, 9.17) is 4.74 Å². The fourth-order valence-electron chi connectivity index (χ4n) is 4.25. The molecule has 1 saturated heterocycles. The molecule has 0 saturated carbocycles. The van der Waals surface area contributed by atoms with Gasteiger partial charge in [-0.3, -0.25) is 19.3 Å². The van der Waals surface area contributed by atoms with Crippen LogP contribution >= 0.6 is 11.3 Å². The molecule has 164 valence electrons. The fourth-order valence-corrected chi connectivity index (χ4v) is 4.98. The molecule has 2 atom stereocenters. The molecule has 6 heteroatoms. The molecule has 2 aromatic carbocycles. The number of ketones is 2. The maximum absolute atomic E-state index is 13.2. The number of carbonyl (C=O) groups excluding carboxylic acids is 3. The Bertz CT molecular complexity index is 1130. The van der Waals surface area contributed by atoms with Crippen molar-refractivity contribution in [1.29, 1.82) is 0 Å². The highest BCUT2D eigenvalue weighted by molar-refractivity contribution is 7.13. The van der Waals surface area contributed by atoms with Crippen molar-refractivity contribution < 1.29 is 19.1 Å². The van der Waals surface area contributed by atoms with Gasteiger partial charge in [0.25, 0.3) is 5.91 Å². The highest BCUT2D eigenvalue weighted by atomic mass is 32.1. The summed E-state index contributed by atoms with van der Waals surface area (Å²) in [4.78, 5) is 42.0. The van der Waals surface area contributed by atoms with Gasteiger partial charge in [-0.25, -0.2) is 0 Å². The lowest BCUT2D eigenvalue weighted by Crippen LogP contribution is -2.32. The number of carbonyl (C=O) groups is 3. The predicted octanol–water partition coefficient (Wildman–Crippen LogP) is 5.06. The number of amides is 1. The van der Waals surface area contributed by atoms with Gasteiger partial charge in [0.1, 0.15) is 11.7 Å². The summed E-state index contributed by atoms with van der Waals surface area (Å²) in [6.45, 7) is 3.84. The Kier molecular flexibility index (Phi) is 6.35. The highest BCUT2D eigenvalue weighted by Crippen LogP contribution is 2.43. The average Bonchev–Trinajstić information content (AvgIpc) is 3.42. The normalized spacial score (nSPS) is 18.6. The van der Waals surface area contributed by atoms with Gasteiger partial charge in [0.15, 0.2) is 0 Å². The SMILES string of the molecule is COCc1ccccc1C1C(C(=O)C(C)C)C(=O)C(=O)N1c1ccc(-c2cccs2)cc1. The molecule has 3 aromatic rings. The molecule has 0 N–H and O–H groups in total. The van der Waals surface area contributed by atoms with Crippen LogP contribution in [0.3, 0.4) is 0 Å². The van der Waals surface area contributed by atoms with Crippen LogP contribution in [0.4, 0.5) is 5.69 Å². The van der Waals surface area contributed by atoms with Crippen LogP contribution in [0.15, 0.2) is 66.0 Å². The van der Waals surface area contributed by atoms with Crippen LogP contribution in [-0.4, -0.2) is 24.6 Å². The molecule has 0 spiro atoms. The summed E-state index contributed by atoms with van der Waals surface area (Å²) >= 11 is 1.63. The van der Waals surface area contributed by atoms with Gasteiger partial charge in [-0.2, -0.15) is 0 Å². The number of anilines is 1. The zero-order valence-corrected chi connectivity index (χ0v) is 19.1. The van der Waals surface area contributed by atoms with E-state index in [1.54, 1.807) is 32.3 Å². The summed E-state index contributed by atoms with van der Waals surface area (Å²) in [6, 6.07) is 18.4. The Balaban J connectivity index is 1.83. The predicted molar refractivity (Wildman–Crippen MR) is 125 cm³/mol. The number of Topliss-reactive ketones (excluding diaryl/α,β-unsaturated/α-hetero) is 2. The van der Waals surface area contributed by atoms with E-state index in [1.807, 2.05) is 66.0 Å². The number of nitrogens with zero attached hydrogens (tertiary/aromatic N) is 1. The molecule has 1 aromatic heterocycles. The van der Waals surface area contributed by atoms with Crippen LogP contribution in [0.1, 0.15) is 31.0 Å². The summed E-state index contributed by atoms with van der Waals surface area (Å²) in [5, 5.41) is 2.01. The van der Waals surface area contributed by atoms with Crippen molar-refractivity contribution in [3.05, 3.63) is 77.2 Å². The minimum Gasteiger partial charge on any atom is -0.380 e. The maximum atomic E-state index is 13.2. The largest absolute Gasteiger partial charge is 0.380 e. The van der Waals surface area contributed by atoms with E-state index in [2.05, 4.69) is 0 Å². The van der Waals surface area contributed by atoms with Gasteiger partial charge in [-0.15, -0.1) is 11.3 Å². The van der Waals surface area contributed by atoms with E-state index in [-0.39, 0.29) is 11.7 Å². The van der Waals surface area contributed by atoms with Gasteiger partial charge in [0, 0.05) is 23.6 Å². The van der Waals surface area contributed by atoms with Crippen LogP contribution < -0.4 is 4.90 Å². The third-order valence-electron chi connectivity index (χ3n) is 5.81. The van der Waals surface area contributed by atoms with Crippen LogP contribution in [0.2, 0.25) is 0 Å². The second-order valence-electron chi connectivity index (χ2n) is 8.17. The first kappa shape index (κ1) is 22.1. The number of hydrogen-bond acceptors (Lipinski definition) is 5. The minimum atomic E-state index is -1.04. The number of ether oxygens (including phenoxy) is 1. The van der Waals surface area contributed by atoms with Crippen LogP contribution in [0.5, 0.6) is 0 Å². The third-order valence-corrected chi connectivity index (χ3v) is 6.73. The van der Waals surface area contributed by atoms with Gasteiger partial charge in [-0.1, -0.05) is 56.3 Å². The molecule has 0 bridgehead atoms. The van der Waals surface area contributed by atoms with E-state index in [1.165, 1.54) is 4.90 Å². The minimum absolute atomic E-state index is 0.224. The van der Waals surface area contributed by atoms with Gasteiger partial charge >= 0.3 is 0 Å². The Morgan fingerprint density at radius 3 is 2.38 bits per heavy atom. The number of hydrogen-bond donors (Lipinski definition) is 0. The van der Waals surface area contributed by atoms with Crippen molar-refractivity contribution in [3.63, 3.8) is 0 Å². The van der Waals surface area contributed by atoms with Crippen LogP contribution in [0, 0.1) is 11.8 Å². The number of benzene rings is 2. The molecule has 2 heterocycles. The average molecular weight is 448 g/mol. The number of rotatable bonds is 7. The molecular formula is C26H25NO4S. The molecule has 4 rings (SSSR count). The lowest BCUT2D eigenvalue weighted by atomic mass is 9.83. The standard InChI is InChI=1S/C26H25NO4S/c1-16(2)24(28)22-23(20-8-5-4-7-18(20)15-31-3)27(26(30)25(22)29)19-12-10-17(11-13-19)21-9-6-14-32-21/h4-14,16,22-23H,15H2,1-3H3. The van der Waals surface area contributed by atoms with E-state index in [0.717, 1.165) is 21.6 Å². The molecule has 1 amide bonds. The molecule has 0 radical (unpaired) electrons. The molecule has 1 aliphatic rings. The van der Waals surface area contributed by atoms with Crippen molar-refractivity contribution >= 4 is 34.5 Å². The third kappa shape index (κ3) is 3.92. The van der Waals surface area contributed by atoms with Crippen molar-refractivity contribution in [2.24, 2.45) is 11.8 Å². The van der Waals surface area contributed by atoms with Crippen LogP contribution in [0.25, 0.3) is 10.4 Å². The number of methoxy groups -OCH3 is 1. The van der Waals surface area contributed by atoms with Crippen molar-refractivity contribution in [2.45, 2.75) is 26.5 Å². The summed E-state index contributed by atoms with van der Waals surface area (Å²) in [7, 11) is 1.60. The Morgan fingerprint density at radius 2 is 1.75 bits per heavy atom. The van der Waals surface area contributed by atoms with Gasteiger partial charge < -0.3 is 4.74 Å².